The lowest BCUT2D eigenvalue weighted by atomic mass is 9.99. The summed E-state index contributed by atoms with van der Waals surface area (Å²) >= 11 is 0. The van der Waals surface area contributed by atoms with Gasteiger partial charge in [-0.15, -0.1) is 0 Å². The van der Waals surface area contributed by atoms with Gasteiger partial charge in [-0.2, -0.15) is 4.98 Å². The normalized spacial score (nSPS) is 16.3. The van der Waals surface area contributed by atoms with Gasteiger partial charge in [0.2, 0.25) is 17.6 Å². The number of carbonyl (C=O) groups excluding carboxylic acids is 1. The van der Waals surface area contributed by atoms with E-state index in [1.54, 1.807) is 18.3 Å². The van der Waals surface area contributed by atoms with Crippen molar-refractivity contribution in [2.24, 2.45) is 0 Å². The number of anilines is 1. The molecule has 0 aliphatic carbocycles. The Bertz CT molecular complexity index is 1060. The van der Waals surface area contributed by atoms with Crippen LogP contribution in [0.15, 0.2) is 35.1 Å². The second-order valence-corrected chi connectivity index (χ2v) is 8.05. The molecule has 170 valence electrons. The Morgan fingerprint density at radius 3 is 2.94 bits per heavy atom. The number of piperidine rings is 1. The Kier molecular flexibility index (Phi) is 6.82. The summed E-state index contributed by atoms with van der Waals surface area (Å²) in [6.07, 6.45) is 7.72. The minimum absolute atomic E-state index is 0.0544. The zero-order valence-electron chi connectivity index (χ0n) is 18.6. The van der Waals surface area contributed by atoms with Crippen LogP contribution in [0.2, 0.25) is 0 Å². The van der Waals surface area contributed by atoms with Gasteiger partial charge in [-0.05, 0) is 50.8 Å². The van der Waals surface area contributed by atoms with Crippen molar-refractivity contribution in [2.75, 3.05) is 18.0 Å². The number of aryl methyl sites for hydroxylation is 3. The lowest BCUT2D eigenvalue weighted by molar-refractivity contribution is -0.122. The van der Waals surface area contributed by atoms with Crippen molar-refractivity contribution in [3.05, 3.63) is 48.1 Å². The first-order valence-corrected chi connectivity index (χ1v) is 11.2. The van der Waals surface area contributed by atoms with E-state index in [1.165, 1.54) is 6.07 Å². The molecule has 1 amide bonds. The van der Waals surface area contributed by atoms with E-state index in [9.17, 15) is 4.79 Å². The number of nitrogens with one attached hydrogen (secondary N) is 1. The maximum Gasteiger partial charge on any atom is 0.242 e. The first-order chi connectivity index (χ1) is 15.6. The Morgan fingerprint density at radius 2 is 2.22 bits per heavy atom. The molecule has 0 radical (unpaired) electrons. The number of aromatic nitrogens is 4. The number of amides is 1. The number of carbonyl (C=O) groups is 1. The standard InChI is InChI=1S/C23H29FN6O2/c1-3-21-27-22(28-32-21)17-8-9-19(18(24)15-17)30-13-5-4-7-20(30)23(31)26-10-6-12-29-14-11-25-16(29)2/h8-9,11,14-15,20H,3-7,10,12-13H2,1-2H3,(H,26,31). The zero-order valence-corrected chi connectivity index (χ0v) is 18.6. The predicted molar refractivity (Wildman–Crippen MR) is 119 cm³/mol. The summed E-state index contributed by atoms with van der Waals surface area (Å²) in [7, 11) is 0. The van der Waals surface area contributed by atoms with Gasteiger partial charge in [-0.1, -0.05) is 12.1 Å². The minimum Gasteiger partial charge on any atom is -0.357 e. The van der Waals surface area contributed by atoms with Crippen molar-refractivity contribution in [1.82, 2.24) is 25.0 Å². The quantitative estimate of drug-likeness (QED) is 0.539. The van der Waals surface area contributed by atoms with E-state index in [0.717, 1.165) is 31.6 Å². The second kappa shape index (κ2) is 9.93. The molecule has 0 saturated carbocycles. The molecule has 3 heterocycles. The average Bonchev–Trinajstić information content (AvgIpc) is 3.45. The van der Waals surface area contributed by atoms with Crippen molar-refractivity contribution in [1.29, 1.82) is 0 Å². The van der Waals surface area contributed by atoms with Crippen LogP contribution in [0, 0.1) is 12.7 Å². The van der Waals surface area contributed by atoms with Crippen LogP contribution in [0.4, 0.5) is 10.1 Å². The smallest absolute Gasteiger partial charge is 0.242 e. The van der Waals surface area contributed by atoms with Gasteiger partial charge in [0.1, 0.15) is 17.7 Å². The fourth-order valence-electron chi connectivity index (χ4n) is 4.11. The van der Waals surface area contributed by atoms with Crippen molar-refractivity contribution >= 4 is 11.6 Å². The molecule has 3 aromatic rings. The highest BCUT2D eigenvalue weighted by Gasteiger charge is 2.30. The summed E-state index contributed by atoms with van der Waals surface area (Å²) in [5, 5.41) is 6.94. The largest absolute Gasteiger partial charge is 0.357 e. The zero-order chi connectivity index (χ0) is 22.5. The molecule has 1 fully saturated rings. The van der Waals surface area contributed by atoms with Crippen LogP contribution in [0.1, 0.15) is 44.3 Å². The number of nitrogens with zero attached hydrogens (tertiary/aromatic N) is 5. The van der Waals surface area contributed by atoms with Gasteiger partial charge in [0.05, 0.1) is 5.69 Å². The molecular weight excluding hydrogens is 411 g/mol. The molecule has 0 bridgehead atoms. The number of benzene rings is 1. The third-order valence-electron chi connectivity index (χ3n) is 5.89. The summed E-state index contributed by atoms with van der Waals surface area (Å²) in [6, 6.07) is 4.52. The van der Waals surface area contributed by atoms with Gasteiger partial charge in [0.25, 0.3) is 0 Å². The maximum absolute atomic E-state index is 15.1. The molecule has 9 heteroatoms. The monoisotopic (exact) mass is 440 g/mol. The summed E-state index contributed by atoms with van der Waals surface area (Å²) in [5.74, 6) is 1.40. The summed E-state index contributed by atoms with van der Waals surface area (Å²) in [6.45, 7) is 5.89. The van der Waals surface area contributed by atoms with Crippen LogP contribution >= 0.6 is 0 Å². The molecule has 2 aromatic heterocycles. The van der Waals surface area contributed by atoms with Crippen LogP contribution in [-0.2, 0) is 17.8 Å². The molecule has 1 atom stereocenters. The third kappa shape index (κ3) is 4.81. The Hall–Kier alpha value is -3.23. The van der Waals surface area contributed by atoms with Crippen LogP contribution in [0.5, 0.6) is 0 Å². The molecule has 1 saturated heterocycles. The van der Waals surface area contributed by atoms with Crippen molar-refractivity contribution < 1.29 is 13.7 Å². The lowest BCUT2D eigenvalue weighted by Crippen LogP contribution is -2.50. The summed E-state index contributed by atoms with van der Waals surface area (Å²) in [5.41, 5.74) is 0.990. The highest BCUT2D eigenvalue weighted by atomic mass is 19.1. The Balaban J connectivity index is 1.41. The SMILES string of the molecule is CCc1nc(-c2ccc(N3CCCCC3C(=O)NCCCn3ccnc3C)c(F)c2)no1. The van der Waals surface area contributed by atoms with Crippen molar-refractivity contribution in [3.8, 4) is 11.4 Å². The minimum atomic E-state index is -0.388. The van der Waals surface area contributed by atoms with E-state index in [0.29, 0.717) is 48.9 Å². The molecule has 1 aliphatic heterocycles. The highest BCUT2D eigenvalue weighted by molar-refractivity contribution is 5.85. The van der Waals surface area contributed by atoms with E-state index in [1.807, 2.05) is 24.9 Å². The topological polar surface area (TPSA) is 89.1 Å². The molecule has 1 N–H and O–H groups in total. The van der Waals surface area contributed by atoms with E-state index >= 15 is 4.39 Å². The van der Waals surface area contributed by atoms with Gasteiger partial charge < -0.3 is 19.3 Å². The number of halogens is 1. The van der Waals surface area contributed by atoms with Gasteiger partial charge in [0.15, 0.2) is 0 Å². The molecular formula is C23H29FN6O2. The van der Waals surface area contributed by atoms with E-state index < -0.39 is 0 Å². The molecule has 1 aliphatic rings. The fourth-order valence-corrected chi connectivity index (χ4v) is 4.11. The van der Waals surface area contributed by atoms with Gasteiger partial charge in [-0.25, -0.2) is 9.37 Å². The number of rotatable bonds is 8. The van der Waals surface area contributed by atoms with Crippen LogP contribution in [0.25, 0.3) is 11.4 Å². The highest BCUT2D eigenvalue weighted by Crippen LogP contribution is 2.30. The summed E-state index contributed by atoms with van der Waals surface area (Å²) in [4.78, 5) is 23.3. The van der Waals surface area contributed by atoms with Crippen LogP contribution < -0.4 is 10.2 Å². The molecule has 4 rings (SSSR count). The van der Waals surface area contributed by atoms with Crippen LogP contribution in [0.3, 0.4) is 0 Å². The van der Waals surface area contributed by atoms with E-state index in [-0.39, 0.29) is 17.8 Å². The number of hydrogen-bond donors (Lipinski definition) is 1. The van der Waals surface area contributed by atoms with Gasteiger partial charge >= 0.3 is 0 Å². The predicted octanol–water partition coefficient (Wildman–Crippen LogP) is 3.51. The molecule has 1 aromatic carbocycles. The maximum atomic E-state index is 15.1. The van der Waals surface area contributed by atoms with Crippen LogP contribution in [-0.4, -0.2) is 44.7 Å². The van der Waals surface area contributed by atoms with Gasteiger partial charge in [-0.3, -0.25) is 4.79 Å². The fraction of sp³-hybridized carbons (Fsp3) is 0.478. The summed E-state index contributed by atoms with van der Waals surface area (Å²) < 4.78 is 22.3. The third-order valence-corrected chi connectivity index (χ3v) is 5.89. The van der Waals surface area contributed by atoms with Crippen molar-refractivity contribution in [2.45, 2.75) is 58.5 Å². The molecule has 1 unspecified atom stereocenters. The molecule has 8 nitrogen and oxygen atoms in total. The lowest BCUT2D eigenvalue weighted by Gasteiger charge is -2.36. The average molecular weight is 441 g/mol. The first-order valence-electron chi connectivity index (χ1n) is 11.2. The Labute approximate surface area is 186 Å². The van der Waals surface area contributed by atoms with E-state index in [2.05, 4.69) is 25.0 Å². The van der Waals surface area contributed by atoms with Crippen molar-refractivity contribution in [3.63, 3.8) is 0 Å². The molecule has 0 spiro atoms. The second-order valence-electron chi connectivity index (χ2n) is 8.05. The number of imidazole rings is 1. The Morgan fingerprint density at radius 1 is 1.34 bits per heavy atom. The van der Waals surface area contributed by atoms with Gasteiger partial charge in [0, 0.05) is 44.0 Å². The number of hydrogen-bond acceptors (Lipinski definition) is 6. The van der Waals surface area contributed by atoms with E-state index in [4.69, 9.17) is 4.52 Å². The first kappa shape index (κ1) is 22.0. The molecule has 32 heavy (non-hydrogen) atoms.